The highest BCUT2D eigenvalue weighted by Crippen LogP contribution is 2.20. The van der Waals surface area contributed by atoms with Crippen molar-refractivity contribution in [1.82, 2.24) is 4.90 Å². The van der Waals surface area contributed by atoms with Crippen LogP contribution in [0.25, 0.3) is 0 Å². The average molecular weight is 123 g/mol. The van der Waals surface area contributed by atoms with Gasteiger partial charge in [-0.25, -0.2) is 0 Å². The van der Waals surface area contributed by atoms with Crippen molar-refractivity contribution in [2.24, 2.45) is 0 Å². The van der Waals surface area contributed by atoms with E-state index in [0.29, 0.717) is 0 Å². The minimum Gasteiger partial charge on any atom is -0.306 e. The topological polar surface area (TPSA) is 3.01 Å². The summed E-state index contributed by atoms with van der Waals surface area (Å²) in [4.78, 5) is 2.30. The van der Waals surface area contributed by atoms with E-state index in [-0.39, 0.29) is 0 Å². The predicted octanol–water partition coefficient (Wildman–Crippen LogP) is 0.987. The largest absolute Gasteiger partial charge is 0.306 e. The normalized spacial score (nSPS) is 32.6. The third-order valence-corrected chi connectivity index (χ3v) is 1.95. The van der Waals surface area contributed by atoms with Gasteiger partial charge in [0, 0.05) is 12.6 Å². The van der Waals surface area contributed by atoms with E-state index in [9.17, 15) is 0 Å². The zero-order valence-electron chi connectivity index (χ0n) is 6.14. The van der Waals surface area contributed by atoms with Crippen LogP contribution in [0.2, 0.25) is 0 Å². The van der Waals surface area contributed by atoms with Gasteiger partial charge in [-0.3, -0.25) is 0 Å². The van der Waals surface area contributed by atoms with Crippen LogP contribution in [0.1, 0.15) is 26.2 Å². The molecule has 0 saturated carbocycles. The second kappa shape index (κ2) is 3.26. The molecule has 0 N–H and O–H groups in total. The molecule has 2 unspecified atom stereocenters. The van der Waals surface area contributed by atoms with Crippen molar-refractivity contribution in [2.45, 2.75) is 32.2 Å². The van der Waals surface area contributed by atoms with E-state index in [2.05, 4.69) is 11.8 Å². The smallest absolute Gasteiger partial charge is 0.0863 e. The third-order valence-electron chi connectivity index (χ3n) is 1.95. The molecule has 2 heteroatoms. The molecular formula is C7H14BN. The Kier molecular flexibility index (Phi) is 2.58. The predicted molar refractivity (Wildman–Crippen MR) is 40.6 cm³/mol. The van der Waals surface area contributed by atoms with Crippen LogP contribution in [-0.4, -0.2) is 31.8 Å². The van der Waals surface area contributed by atoms with Crippen LogP contribution in [-0.2, 0) is 0 Å². The van der Waals surface area contributed by atoms with Crippen LogP contribution in [0.4, 0.5) is 0 Å². The Morgan fingerprint density at radius 1 is 1.67 bits per heavy atom. The van der Waals surface area contributed by atoms with Gasteiger partial charge in [-0.15, -0.1) is 0 Å². The molecule has 1 rings (SSSR count). The van der Waals surface area contributed by atoms with E-state index < -0.39 is 0 Å². The first-order chi connectivity index (χ1) is 4.38. The fraction of sp³-hybridized carbons (Fsp3) is 1.00. The van der Waals surface area contributed by atoms with Gasteiger partial charge < -0.3 is 4.90 Å². The summed E-state index contributed by atoms with van der Waals surface area (Å²) in [5.41, 5.74) is 0. The molecule has 0 aromatic heterocycles. The van der Waals surface area contributed by atoms with Crippen LogP contribution in [0.3, 0.4) is 0 Å². The summed E-state index contributed by atoms with van der Waals surface area (Å²) in [6.07, 6.45) is 4.79. The maximum absolute atomic E-state index is 5.42. The Hall–Kier alpha value is 0.0249. The van der Waals surface area contributed by atoms with Crippen molar-refractivity contribution in [1.29, 1.82) is 0 Å². The molecule has 0 aromatic carbocycles. The number of rotatable bonds is 4. The van der Waals surface area contributed by atoms with Crippen molar-refractivity contribution in [2.75, 3.05) is 13.0 Å². The zero-order chi connectivity index (χ0) is 6.69. The summed E-state index contributed by atoms with van der Waals surface area (Å²) in [5.74, 6) is 0. The van der Waals surface area contributed by atoms with Crippen LogP contribution in [0.15, 0.2) is 0 Å². The van der Waals surface area contributed by atoms with Crippen molar-refractivity contribution in [3.63, 3.8) is 0 Å². The monoisotopic (exact) mass is 123 g/mol. The van der Waals surface area contributed by atoms with Crippen molar-refractivity contribution < 1.29 is 0 Å². The molecule has 1 heterocycles. The van der Waals surface area contributed by atoms with Crippen molar-refractivity contribution in [3.05, 3.63) is 0 Å². The lowest BCUT2D eigenvalue weighted by Gasteiger charge is -1.96. The van der Waals surface area contributed by atoms with Crippen LogP contribution >= 0.6 is 0 Å². The van der Waals surface area contributed by atoms with Crippen molar-refractivity contribution in [3.8, 4) is 0 Å². The Morgan fingerprint density at radius 2 is 2.44 bits per heavy atom. The molecule has 0 spiro atoms. The van der Waals surface area contributed by atoms with E-state index in [1.807, 2.05) is 0 Å². The lowest BCUT2D eigenvalue weighted by Crippen LogP contribution is -2.02. The molecule has 2 radical (unpaired) electrons. The minimum absolute atomic E-state index is 0.758. The first-order valence-electron chi connectivity index (χ1n) is 3.82. The lowest BCUT2D eigenvalue weighted by molar-refractivity contribution is 0.548. The highest BCUT2D eigenvalue weighted by molar-refractivity contribution is 6.08. The van der Waals surface area contributed by atoms with Crippen LogP contribution in [0, 0.1) is 0 Å². The van der Waals surface area contributed by atoms with E-state index in [0.717, 1.165) is 12.5 Å². The molecule has 50 valence electrons. The van der Waals surface area contributed by atoms with Crippen LogP contribution < -0.4 is 0 Å². The minimum atomic E-state index is 0.758. The third kappa shape index (κ3) is 2.01. The molecule has 1 aliphatic heterocycles. The Bertz CT molecular complexity index is 85.0. The first-order valence-corrected chi connectivity index (χ1v) is 3.82. The maximum Gasteiger partial charge on any atom is 0.0863 e. The average Bonchev–Trinajstić information content (AvgIpc) is 2.62. The van der Waals surface area contributed by atoms with Gasteiger partial charge in [-0.2, -0.15) is 0 Å². The quantitative estimate of drug-likeness (QED) is 0.397. The van der Waals surface area contributed by atoms with Gasteiger partial charge in [-0.1, -0.05) is 19.8 Å². The van der Waals surface area contributed by atoms with Gasteiger partial charge in [0.15, 0.2) is 0 Å². The maximum atomic E-state index is 5.42. The Morgan fingerprint density at radius 3 is 2.89 bits per heavy atom. The van der Waals surface area contributed by atoms with Gasteiger partial charge in [0.1, 0.15) is 0 Å². The van der Waals surface area contributed by atoms with Gasteiger partial charge in [-0.05, 0) is 12.9 Å². The summed E-state index contributed by atoms with van der Waals surface area (Å²) in [6.45, 7) is 3.48. The number of nitrogens with zero attached hydrogens (tertiary/aromatic N) is 1. The molecule has 2 atom stereocenters. The molecule has 1 saturated heterocycles. The summed E-state index contributed by atoms with van der Waals surface area (Å²) in [7, 11) is 5.42. The Balaban J connectivity index is 1.92. The molecular weight excluding hydrogens is 109 g/mol. The highest BCUT2D eigenvalue weighted by atomic mass is 15.3. The van der Waals surface area contributed by atoms with Crippen LogP contribution in [0.5, 0.6) is 0 Å². The summed E-state index contributed by atoms with van der Waals surface area (Å²) < 4.78 is 0. The van der Waals surface area contributed by atoms with Gasteiger partial charge in [0.05, 0.1) is 7.85 Å². The van der Waals surface area contributed by atoms with Gasteiger partial charge in [0.25, 0.3) is 0 Å². The number of hydrogen-bond donors (Lipinski definition) is 0. The van der Waals surface area contributed by atoms with E-state index in [1.165, 1.54) is 25.8 Å². The molecule has 1 fully saturated rings. The van der Waals surface area contributed by atoms with Crippen molar-refractivity contribution >= 4 is 7.85 Å². The van der Waals surface area contributed by atoms with Gasteiger partial charge in [0.2, 0.25) is 0 Å². The summed E-state index contributed by atoms with van der Waals surface area (Å²) >= 11 is 0. The van der Waals surface area contributed by atoms with E-state index in [1.54, 1.807) is 0 Å². The molecule has 0 aromatic rings. The lowest BCUT2D eigenvalue weighted by atomic mass is 10.1. The molecule has 0 amide bonds. The van der Waals surface area contributed by atoms with E-state index >= 15 is 0 Å². The van der Waals surface area contributed by atoms with E-state index in [4.69, 9.17) is 7.85 Å². The summed E-state index contributed by atoms with van der Waals surface area (Å²) in [6, 6.07) is 0.843. The fourth-order valence-electron chi connectivity index (χ4n) is 1.16. The SMILES string of the molecule is [B]CN1CC1CCCC. The highest BCUT2D eigenvalue weighted by Gasteiger charge is 2.30. The molecule has 1 nitrogen and oxygen atoms in total. The number of unbranched alkanes of at least 4 members (excludes halogenated alkanes) is 1. The molecule has 0 bridgehead atoms. The molecule has 9 heavy (non-hydrogen) atoms. The zero-order valence-corrected chi connectivity index (χ0v) is 6.14. The number of hydrogen-bond acceptors (Lipinski definition) is 1. The van der Waals surface area contributed by atoms with Gasteiger partial charge >= 0.3 is 0 Å². The first kappa shape index (κ1) is 7.14. The standard InChI is InChI=1S/C7H14BN/c1-2-3-4-7-5-9(7)6-8/h7H,2-6H2,1H3. The Labute approximate surface area is 58.8 Å². The second-order valence-corrected chi connectivity index (χ2v) is 2.75. The second-order valence-electron chi connectivity index (χ2n) is 2.75. The fourth-order valence-corrected chi connectivity index (χ4v) is 1.16. The molecule has 0 aliphatic carbocycles. The summed E-state index contributed by atoms with van der Waals surface area (Å²) in [5, 5.41) is 0. The molecule has 1 aliphatic rings.